The predicted octanol–water partition coefficient (Wildman–Crippen LogP) is 5.00. The van der Waals surface area contributed by atoms with Crippen molar-refractivity contribution in [3.63, 3.8) is 0 Å². The van der Waals surface area contributed by atoms with Gasteiger partial charge >= 0.3 is 0 Å². The fourth-order valence-electron chi connectivity index (χ4n) is 4.45. The summed E-state index contributed by atoms with van der Waals surface area (Å²) in [5.41, 5.74) is 4.11. The van der Waals surface area contributed by atoms with Gasteiger partial charge in [0.2, 0.25) is 0 Å². The second kappa shape index (κ2) is 9.69. The van der Waals surface area contributed by atoms with Crippen molar-refractivity contribution in [3.8, 4) is 0 Å². The van der Waals surface area contributed by atoms with E-state index in [2.05, 4.69) is 37.8 Å². The lowest BCUT2D eigenvalue weighted by atomic mass is 10.1. The van der Waals surface area contributed by atoms with Crippen LogP contribution in [-0.4, -0.2) is 49.5 Å². The number of likely N-dealkylation sites (N-methyl/N-ethyl adjacent to an activating group) is 1. The number of pyridine rings is 1. The number of likely N-dealkylation sites (tertiary alicyclic amines) is 1. The summed E-state index contributed by atoms with van der Waals surface area (Å²) < 4.78 is 42.5. The minimum Gasteiger partial charge on any atom is -0.369 e. The van der Waals surface area contributed by atoms with Crippen LogP contribution >= 0.6 is 22.9 Å². The highest BCUT2D eigenvalue weighted by atomic mass is 35.5. The maximum atomic E-state index is 15.0. The van der Waals surface area contributed by atoms with Crippen molar-refractivity contribution in [2.24, 2.45) is 0 Å². The van der Waals surface area contributed by atoms with Gasteiger partial charge in [0.1, 0.15) is 10.7 Å². The molecule has 4 aromatic rings. The molecule has 0 bridgehead atoms. The molecule has 0 amide bonds. The molecule has 1 N–H and O–H groups in total. The number of para-hydroxylation sites is 1. The highest BCUT2D eigenvalue weighted by Gasteiger charge is 2.29. The van der Waals surface area contributed by atoms with E-state index in [0.29, 0.717) is 5.69 Å². The molecule has 0 radical (unpaired) electrons. The third-order valence-corrected chi connectivity index (χ3v) is 8.51. The number of rotatable bonds is 7. The number of sulfonamides is 1. The summed E-state index contributed by atoms with van der Waals surface area (Å²) in [7, 11) is -2.30. The monoisotopic (exact) mass is 531 g/mol. The molecule has 1 atom stereocenters. The molecule has 11 heteroatoms. The van der Waals surface area contributed by atoms with Crippen molar-refractivity contribution in [2.75, 3.05) is 29.8 Å². The molecule has 35 heavy (non-hydrogen) atoms. The zero-order valence-electron chi connectivity index (χ0n) is 18.9. The third kappa shape index (κ3) is 4.97. The number of aromatic nitrogens is 2. The van der Waals surface area contributed by atoms with Crippen LogP contribution in [0.25, 0.3) is 10.9 Å². The first kappa shape index (κ1) is 23.9. The molecule has 5 rings (SSSR count). The predicted molar refractivity (Wildman–Crippen MR) is 138 cm³/mol. The van der Waals surface area contributed by atoms with Gasteiger partial charge in [-0.3, -0.25) is 14.6 Å². The van der Waals surface area contributed by atoms with Crippen LogP contribution < -0.4 is 9.62 Å². The lowest BCUT2D eigenvalue weighted by Crippen LogP contribution is -2.34. The average Bonchev–Trinajstić information content (AvgIpc) is 3.52. The van der Waals surface area contributed by atoms with Gasteiger partial charge in [0, 0.05) is 55.8 Å². The molecule has 0 unspecified atom stereocenters. The summed E-state index contributed by atoms with van der Waals surface area (Å²) in [4.78, 5) is 12.2. The van der Waals surface area contributed by atoms with Crippen LogP contribution in [0.3, 0.4) is 0 Å². The maximum absolute atomic E-state index is 15.0. The Kier molecular flexibility index (Phi) is 6.63. The Morgan fingerprint density at radius 2 is 2.09 bits per heavy atom. The largest absolute Gasteiger partial charge is 0.369 e. The van der Waals surface area contributed by atoms with Crippen molar-refractivity contribution in [2.45, 2.75) is 23.9 Å². The lowest BCUT2D eigenvalue weighted by molar-refractivity contribution is 0.327. The highest BCUT2D eigenvalue weighted by molar-refractivity contribution is 7.92. The number of anilines is 2. The van der Waals surface area contributed by atoms with Crippen molar-refractivity contribution in [1.29, 1.82) is 0 Å². The van der Waals surface area contributed by atoms with Gasteiger partial charge in [-0.1, -0.05) is 35.9 Å². The van der Waals surface area contributed by atoms with Gasteiger partial charge in [-0.05, 0) is 24.1 Å². The first-order valence-corrected chi connectivity index (χ1v) is 13.8. The molecule has 1 saturated heterocycles. The number of halogens is 2. The van der Waals surface area contributed by atoms with Crippen LogP contribution in [0.4, 0.5) is 15.9 Å². The quantitative estimate of drug-likeness (QED) is 0.362. The lowest BCUT2D eigenvalue weighted by Gasteiger charge is -2.28. The van der Waals surface area contributed by atoms with E-state index >= 15 is 0 Å². The molecule has 2 aromatic heterocycles. The van der Waals surface area contributed by atoms with Crippen LogP contribution in [-0.2, 0) is 16.6 Å². The number of benzene rings is 2. The number of nitrogens with one attached hydrogen (secondary N) is 1. The molecular formula is C24H23ClFN5O2S2. The molecule has 182 valence electrons. The van der Waals surface area contributed by atoms with Crippen molar-refractivity contribution >= 4 is 55.4 Å². The first-order chi connectivity index (χ1) is 16.8. The summed E-state index contributed by atoms with van der Waals surface area (Å²) in [6.45, 7) is 2.41. The molecule has 7 nitrogen and oxygen atoms in total. The van der Waals surface area contributed by atoms with E-state index in [0.717, 1.165) is 48.6 Å². The minimum atomic E-state index is -4.16. The van der Waals surface area contributed by atoms with E-state index in [9.17, 15) is 12.8 Å². The van der Waals surface area contributed by atoms with Crippen LogP contribution in [0.5, 0.6) is 0 Å². The average molecular weight is 532 g/mol. The zero-order valence-corrected chi connectivity index (χ0v) is 21.2. The number of hydrogen-bond acceptors (Lipinski definition) is 7. The third-order valence-electron chi connectivity index (χ3n) is 6.25. The molecule has 0 saturated carbocycles. The summed E-state index contributed by atoms with van der Waals surface area (Å²) in [5, 5.41) is 2.81. The maximum Gasteiger partial charge on any atom is 0.266 e. The van der Waals surface area contributed by atoms with Crippen LogP contribution in [0.1, 0.15) is 12.0 Å². The Balaban J connectivity index is 1.31. The Morgan fingerprint density at radius 1 is 1.26 bits per heavy atom. The van der Waals surface area contributed by atoms with Crippen LogP contribution in [0, 0.1) is 5.82 Å². The number of thiazole rings is 1. The molecular weight excluding hydrogens is 509 g/mol. The summed E-state index contributed by atoms with van der Waals surface area (Å²) >= 11 is 7.69. The second-order valence-corrected chi connectivity index (χ2v) is 11.3. The molecule has 0 aliphatic carbocycles. The molecule has 2 aromatic carbocycles. The molecule has 0 spiro atoms. The van der Waals surface area contributed by atoms with Crippen molar-refractivity contribution < 1.29 is 12.8 Å². The summed E-state index contributed by atoms with van der Waals surface area (Å²) in [6, 6.07) is 12.6. The molecule has 1 fully saturated rings. The Labute approximate surface area is 212 Å². The van der Waals surface area contributed by atoms with Gasteiger partial charge < -0.3 is 4.90 Å². The molecule has 1 aliphatic rings. The summed E-state index contributed by atoms with van der Waals surface area (Å²) in [5.74, 6) is -0.727. The van der Waals surface area contributed by atoms with Gasteiger partial charge in [-0.25, -0.2) is 17.8 Å². The van der Waals surface area contributed by atoms with Crippen molar-refractivity contribution in [1.82, 2.24) is 14.9 Å². The Hall–Kier alpha value is -2.79. The van der Waals surface area contributed by atoms with Crippen LogP contribution in [0.15, 0.2) is 64.4 Å². The number of nitrogens with zero attached hydrogens (tertiary/aromatic N) is 4. The summed E-state index contributed by atoms with van der Waals surface area (Å²) in [6.07, 6.45) is 2.68. The van der Waals surface area contributed by atoms with Gasteiger partial charge in [0.05, 0.1) is 21.7 Å². The Bertz CT molecular complexity index is 1460. The highest BCUT2D eigenvalue weighted by Crippen LogP contribution is 2.34. The first-order valence-electron chi connectivity index (χ1n) is 11.0. The van der Waals surface area contributed by atoms with Gasteiger partial charge in [0.15, 0.2) is 5.82 Å². The number of hydrogen-bond donors (Lipinski definition) is 1. The van der Waals surface area contributed by atoms with E-state index < -0.39 is 20.7 Å². The number of fused-ring (bicyclic) bond motifs is 1. The zero-order chi connectivity index (χ0) is 24.6. The normalized spacial score (nSPS) is 16.6. The fraction of sp³-hybridized carbons (Fsp3) is 0.250. The van der Waals surface area contributed by atoms with Gasteiger partial charge in [-0.2, -0.15) is 0 Å². The van der Waals surface area contributed by atoms with E-state index in [1.165, 1.54) is 28.3 Å². The molecule has 3 heterocycles. The van der Waals surface area contributed by atoms with E-state index in [1.54, 1.807) is 6.20 Å². The Morgan fingerprint density at radius 3 is 2.89 bits per heavy atom. The van der Waals surface area contributed by atoms with Gasteiger partial charge in [0.25, 0.3) is 10.0 Å². The van der Waals surface area contributed by atoms with Crippen molar-refractivity contribution in [3.05, 3.63) is 76.0 Å². The van der Waals surface area contributed by atoms with Crippen LogP contribution in [0.2, 0.25) is 5.02 Å². The van der Waals surface area contributed by atoms with E-state index in [4.69, 9.17) is 11.6 Å². The van der Waals surface area contributed by atoms with Gasteiger partial charge in [-0.15, -0.1) is 11.3 Å². The smallest absolute Gasteiger partial charge is 0.266 e. The fourth-order valence-corrected chi connectivity index (χ4v) is 6.46. The minimum absolute atomic E-state index is 0.102. The topological polar surface area (TPSA) is 78.4 Å². The standard InChI is InChI=1S/C24H23ClFN5O2S2/c1-30(18-7-9-31(13-18)12-17-5-2-4-16-6-3-8-27-24(16)17)21-11-20(26)22(10-19(21)25)35(32,33)29-23-14-34-15-28-23/h2-6,8,10-11,14-15,18,29H,7,9,12-13H2,1H3/t18-/m0/s1. The SMILES string of the molecule is CN(c1cc(F)c(S(=O)(=O)Nc2cscn2)cc1Cl)[C@H]1CCN(Cc2cccc3cccnc23)C1. The van der Waals surface area contributed by atoms with E-state index in [1.807, 2.05) is 24.1 Å². The molecule has 1 aliphatic heterocycles. The van der Waals surface area contributed by atoms with E-state index in [-0.39, 0.29) is 16.9 Å². The second-order valence-electron chi connectivity index (χ2n) is 8.49.